The third-order valence-electron chi connectivity index (χ3n) is 4.46. The van der Waals surface area contributed by atoms with Crippen LogP contribution in [-0.2, 0) is 19.1 Å². The first-order chi connectivity index (χ1) is 13.0. The van der Waals surface area contributed by atoms with Crippen LogP contribution >= 0.6 is 0 Å². The zero-order chi connectivity index (χ0) is 21.3. The summed E-state index contributed by atoms with van der Waals surface area (Å²) in [5, 5.41) is 5.78. The Labute approximate surface area is 169 Å². The van der Waals surface area contributed by atoms with Gasteiger partial charge in [0, 0.05) is 18.6 Å². The molecular formula is C20H38N4O4. The highest BCUT2D eigenvalue weighted by atomic mass is 16.5. The number of carbonyl (C=O) groups is 3. The van der Waals surface area contributed by atoms with E-state index in [4.69, 9.17) is 4.74 Å². The van der Waals surface area contributed by atoms with Crippen LogP contribution in [0.2, 0.25) is 0 Å². The second-order valence-electron chi connectivity index (χ2n) is 8.98. The van der Waals surface area contributed by atoms with E-state index in [9.17, 15) is 14.4 Å². The number of ether oxygens (including phenoxy) is 1. The van der Waals surface area contributed by atoms with E-state index in [0.717, 1.165) is 26.1 Å². The molecule has 0 aromatic heterocycles. The zero-order valence-electron chi connectivity index (χ0n) is 18.3. The van der Waals surface area contributed by atoms with E-state index in [1.807, 2.05) is 34.6 Å². The van der Waals surface area contributed by atoms with Gasteiger partial charge in [0.25, 0.3) is 0 Å². The van der Waals surface area contributed by atoms with Gasteiger partial charge in [0.05, 0.1) is 20.2 Å². The fourth-order valence-electron chi connectivity index (χ4n) is 3.27. The number of amides is 2. The molecule has 0 bridgehead atoms. The Kier molecular flexibility index (Phi) is 9.89. The summed E-state index contributed by atoms with van der Waals surface area (Å²) in [6.07, 6.45) is 1.44. The Balaban J connectivity index is 2.48. The smallest absolute Gasteiger partial charge is 0.328 e. The summed E-state index contributed by atoms with van der Waals surface area (Å²) in [6, 6.07) is -0.609. The Bertz CT molecular complexity index is 531. The Morgan fingerprint density at radius 3 is 1.96 bits per heavy atom. The molecule has 162 valence electrons. The number of nitrogens with one attached hydrogen (secondary N) is 2. The Hall–Kier alpha value is -1.67. The topological polar surface area (TPSA) is 91.0 Å². The quantitative estimate of drug-likeness (QED) is 0.582. The normalized spacial score (nSPS) is 17.7. The van der Waals surface area contributed by atoms with E-state index >= 15 is 0 Å². The van der Waals surface area contributed by atoms with E-state index in [0.29, 0.717) is 19.5 Å². The first-order valence-electron chi connectivity index (χ1n) is 10.1. The van der Waals surface area contributed by atoms with Gasteiger partial charge in [-0.3, -0.25) is 19.4 Å². The average Bonchev–Trinajstić information content (AvgIpc) is 2.76. The lowest BCUT2D eigenvalue weighted by molar-refractivity contribution is -0.145. The highest BCUT2D eigenvalue weighted by molar-refractivity contribution is 5.85. The van der Waals surface area contributed by atoms with Crippen LogP contribution in [0.5, 0.6) is 0 Å². The Morgan fingerprint density at radius 2 is 1.50 bits per heavy atom. The van der Waals surface area contributed by atoms with Crippen LogP contribution in [0.1, 0.15) is 47.5 Å². The molecule has 1 atom stereocenters. The van der Waals surface area contributed by atoms with Gasteiger partial charge in [0.1, 0.15) is 6.04 Å². The molecule has 1 rings (SSSR count). The minimum Gasteiger partial charge on any atom is -0.467 e. The molecule has 1 aliphatic rings. The number of methoxy groups -OCH3 is 1. The predicted octanol–water partition coefficient (Wildman–Crippen LogP) is 0.613. The number of rotatable bonds is 8. The molecule has 0 aliphatic carbocycles. The van der Waals surface area contributed by atoms with E-state index < -0.39 is 12.0 Å². The van der Waals surface area contributed by atoms with E-state index in [1.54, 1.807) is 0 Å². The zero-order valence-corrected chi connectivity index (χ0v) is 18.3. The summed E-state index contributed by atoms with van der Waals surface area (Å²) in [5.74, 6) is -0.285. The van der Waals surface area contributed by atoms with Gasteiger partial charge in [-0.2, -0.15) is 0 Å². The molecule has 1 saturated heterocycles. The van der Waals surface area contributed by atoms with Crippen molar-refractivity contribution in [3.05, 3.63) is 0 Å². The molecule has 1 aliphatic heterocycles. The van der Waals surface area contributed by atoms with E-state index in [1.165, 1.54) is 7.11 Å². The van der Waals surface area contributed by atoms with Crippen molar-refractivity contribution >= 4 is 17.8 Å². The van der Waals surface area contributed by atoms with Gasteiger partial charge in [-0.15, -0.1) is 0 Å². The van der Waals surface area contributed by atoms with Crippen LogP contribution in [0, 0.1) is 5.92 Å². The summed E-state index contributed by atoms with van der Waals surface area (Å²) < 4.78 is 4.80. The van der Waals surface area contributed by atoms with Gasteiger partial charge in [-0.05, 0) is 52.6 Å². The number of hydrogen-bond donors (Lipinski definition) is 2. The maximum atomic E-state index is 12.4. The van der Waals surface area contributed by atoms with Gasteiger partial charge < -0.3 is 15.4 Å². The van der Waals surface area contributed by atoms with Gasteiger partial charge >= 0.3 is 5.97 Å². The van der Waals surface area contributed by atoms with Crippen LogP contribution in [0.25, 0.3) is 0 Å². The SMILES string of the molecule is COC(=O)C(CC(C)C)NC(=O)CN1CCCN(CC(=O)NC(C)(C)C)CC1. The number of hydrogen-bond acceptors (Lipinski definition) is 6. The Morgan fingerprint density at radius 1 is 0.964 bits per heavy atom. The molecule has 1 unspecified atom stereocenters. The fraction of sp³-hybridized carbons (Fsp3) is 0.850. The molecule has 8 nitrogen and oxygen atoms in total. The summed E-state index contributed by atoms with van der Waals surface area (Å²) in [6.45, 7) is 13.6. The van der Waals surface area contributed by atoms with Gasteiger partial charge in [-0.1, -0.05) is 13.8 Å². The fourth-order valence-corrected chi connectivity index (χ4v) is 3.27. The van der Waals surface area contributed by atoms with Crippen molar-refractivity contribution in [3.63, 3.8) is 0 Å². The summed E-state index contributed by atoms with van der Waals surface area (Å²) in [5.41, 5.74) is -0.237. The molecule has 8 heteroatoms. The second-order valence-corrected chi connectivity index (χ2v) is 8.98. The van der Waals surface area contributed by atoms with Crippen molar-refractivity contribution in [2.45, 2.75) is 59.0 Å². The molecule has 1 heterocycles. The molecule has 0 radical (unpaired) electrons. The highest BCUT2D eigenvalue weighted by Gasteiger charge is 2.25. The molecule has 0 aromatic carbocycles. The third-order valence-corrected chi connectivity index (χ3v) is 4.46. The first-order valence-corrected chi connectivity index (χ1v) is 10.1. The maximum absolute atomic E-state index is 12.4. The molecule has 1 fully saturated rings. The molecular weight excluding hydrogens is 360 g/mol. The van der Waals surface area contributed by atoms with Crippen molar-refractivity contribution in [3.8, 4) is 0 Å². The molecule has 0 saturated carbocycles. The second kappa shape index (κ2) is 11.4. The summed E-state index contributed by atoms with van der Waals surface area (Å²) in [4.78, 5) is 40.6. The van der Waals surface area contributed by atoms with Gasteiger partial charge in [-0.25, -0.2) is 4.79 Å². The van der Waals surface area contributed by atoms with Crippen molar-refractivity contribution in [2.24, 2.45) is 5.92 Å². The monoisotopic (exact) mass is 398 g/mol. The molecule has 2 N–H and O–H groups in total. The van der Waals surface area contributed by atoms with Crippen LogP contribution in [0.3, 0.4) is 0 Å². The molecule has 0 aromatic rings. The highest BCUT2D eigenvalue weighted by Crippen LogP contribution is 2.07. The lowest BCUT2D eigenvalue weighted by Crippen LogP contribution is -2.48. The van der Waals surface area contributed by atoms with Crippen molar-refractivity contribution < 1.29 is 19.1 Å². The van der Waals surface area contributed by atoms with E-state index in [-0.39, 0.29) is 29.8 Å². The molecule has 2 amide bonds. The molecule has 0 spiro atoms. The third kappa shape index (κ3) is 10.0. The minimum absolute atomic E-state index is 0.0216. The van der Waals surface area contributed by atoms with E-state index in [2.05, 4.69) is 20.4 Å². The lowest BCUT2D eigenvalue weighted by Gasteiger charge is -2.25. The van der Waals surface area contributed by atoms with Gasteiger partial charge in [0.15, 0.2) is 0 Å². The minimum atomic E-state index is -0.609. The van der Waals surface area contributed by atoms with Crippen molar-refractivity contribution in [2.75, 3.05) is 46.4 Å². The first kappa shape index (κ1) is 24.4. The maximum Gasteiger partial charge on any atom is 0.328 e. The largest absolute Gasteiger partial charge is 0.467 e. The predicted molar refractivity (Wildman–Crippen MR) is 109 cm³/mol. The van der Waals surface area contributed by atoms with Crippen LogP contribution < -0.4 is 10.6 Å². The van der Waals surface area contributed by atoms with Crippen LogP contribution in [0.4, 0.5) is 0 Å². The summed E-state index contributed by atoms with van der Waals surface area (Å²) >= 11 is 0. The lowest BCUT2D eigenvalue weighted by atomic mass is 10.0. The van der Waals surface area contributed by atoms with Crippen LogP contribution in [-0.4, -0.2) is 85.5 Å². The van der Waals surface area contributed by atoms with Crippen molar-refractivity contribution in [1.29, 1.82) is 0 Å². The number of esters is 1. The number of nitrogens with zero attached hydrogens (tertiary/aromatic N) is 2. The average molecular weight is 399 g/mol. The molecule has 28 heavy (non-hydrogen) atoms. The van der Waals surface area contributed by atoms with Gasteiger partial charge in [0.2, 0.25) is 11.8 Å². The summed E-state index contributed by atoms with van der Waals surface area (Å²) in [7, 11) is 1.33. The van der Waals surface area contributed by atoms with Crippen LogP contribution in [0.15, 0.2) is 0 Å². The number of carbonyl (C=O) groups excluding carboxylic acids is 3. The standard InChI is InChI=1S/C20H38N4O4/c1-15(2)12-16(19(27)28-6)21-17(25)13-23-8-7-9-24(11-10-23)14-18(26)22-20(3,4)5/h15-16H,7-14H2,1-6H3,(H,21,25)(H,22,26). The van der Waals surface area contributed by atoms with Crippen molar-refractivity contribution in [1.82, 2.24) is 20.4 Å².